The molecular weight excluding hydrogens is 1210 g/mol. The summed E-state index contributed by atoms with van der Waals surface area (Å²) in [5, 5.41) is 16.9. The third-order valence-electron chi connectivity index (χ3n) is 16.1. The van der Waals surface area contributed by atoms with Gasteiger partial charge in [0.15, 0.2) is 5.09 Å². The number of fused-ring (bicyclic) bond motifs is 1. The zero-order valence-corrected chi connectivity index (χ0v) is 58.3. The van der Waals surface area contributed by atoms with Crippen LogP contribution in [0.2, 0.25) is 0 Å². The fraction of sp³-hybridized carbons (Fsp3) is 0.403. The summed E-state index contributed by atoms with van der Waals surface area (Å²) in [5.41, 5.74) is 11.4. The van der Waals surface area contributed by atoms with E-state index in [0.29, 0.717) is 85.9 Å². The quantitative estimate of drug-likeness (QED) is 0.0312. The molecule has 0 fully saturated rings. The average Bonchev–Trinajstić information content (AvgIpc) is 1.28. The van der Waals surface area contributed by atoms with Crippen LogP contribution in [0.25, 0.3) is 10.8 Å². The Hall–Kier alpha value is -5.78. The van der Waals surface area contributed by atoms with Gasteiger partial charge in [0, 0.05) is 21.1 Å². The van der Waals surface area contributed by atoms with E-state index in [0.717, 1.165) is 62.0 Å². The minimum absolute atomic E-state index is 0.0111. The number of aliphatic hydroxyl groups excluding tert-OH is 1. The van der Waals surface area contributed by atoms with Gasteiger partial charge >= 0.3 is 0 Å². The van der Waals surface area contributed by atoms with Gasteiger partial charge in [-0.15, -0.1) is 0 Å². The van der Waals surface area contributed by atoms with E-state index in [9.17, 15) is 5.11 Å². The van der Waals surface area contributed by atoms with Crippen molar-refractivity contribution < 1.29 is 47.7 Å². The first-order valence-electron chi connectivity index (χ1n) is 31.9. The lowest BCUT2D eigenvalue weighted by Crippen LogP contribution is -2.31. The molecule has 484 valence electrons. The number of aliphatic hydroxyl groups is 1. The number of benzene rings is 7. The van der Waals surface area contributed by atoms with Crippen LogP contribution in [0.3, 0.4) is 0 Å². The number of ether oxygens (including phenoxy) is 9. The highest BCUT2D eigenvalue weighted by Gasteiger charge is 2.39. The van der Waals surface area contributed by atoms with Crippen LogP contribution >= 0.6 is 47.0 Å². The van der Waals surface area contributed by atoms with Crippen LogP contribution in [-0.2, 0) is 53.0 Å². The lowest BCUT2D eigenvalue weighted by molar-refractivity contribution is 0.0444. The van der Waals surface area contributed by atoms with Gasteiger partial charge in [0.2, 0.25) is 0 Å². The van der Waals surface area contributed by atoms with Crippen LogP contribution in [0.4, 0.5) is 0 Å². The summed E-state index contributed by atoms with van der Waals surface area (Å²) < 4.78 is 57.3. The van der Waals surface area contributed by atoms with Crippen molar-refractivity contribution in [1.29, 1.82) is 0 Å². The summed E-state index contributed by atoms with van der Waals surface area (Å²) in [7, 11) is 0. The molecule has 1 N–H and O–H groups in total. The fourth-order valence-electron chi connectivity index (χ4n) is 11.1. The average molecular weight is 1310 g/mol. The molecule has 0 aromatic heterocycles. The molecule has 0 amide bonds. The van der Waals surface area contributed by atoms with Gasteiger partial charge in [-0.05, 0) is 138 Å². The van der Waals surface area contributed by atoms with Gasteiger partial charge in [0.1, 0.15) is 56.0 Å². The van der Waals surface area contributed by atoms with Crippen molar-refractivity contribution in [3.05, 3.63) is 231 Å². The molecule has 14 heteroatoms. The van der Waals surface area contributed by atoms with E-state index in [1.54, 1.807) is 47.0 Å². The Morgan fingerprint density at radius 1 is 0.418 bits per heavy atom. The highest BCUT2D eigenvalue weighted by molar-refractivity contribution is 8.33. The largest absolute Gasteiger partial charge is 0.491 e. The molecule has 0 unspecified atom stereocenters. The van der Waals surface area contributed by atoms with Crippen LogP contribution in [-0.4, -0.2) is 91.0 Å². The molecule has 7 aromatic carbocycles. The molecule has 91 heavy (non-hydrogen) atoms. The highest BCUT2D eigenvalue weighted by atomic mass is 32.2. The molecule has 2 heterocycles. The second-order valence-corrected chi connectivity index (χ2v) is 29.8. The van der Waals surface area contributed by atoms with Crippen molar-refractivity contribution in [1.82, 2.24) is 0 Å². The lowest BCUT2D eigenvalue weighted by Gasteiger charge is -2.38. The van der Waals surface area contributed by atoms with Crippen LogP contribution in [0.5, 0.6) is 23.0 Å². The molecule has 0 saturated carbocycles. The molecule has 7 aromatic rings. The number of hydrogen-bond donors (Lipinski definition) is 1. The molecule has 2 aliphatic heterocycles. The van der Waals surface area contributed by atoms with E-state index in [-0.39, 0.29) is 29.3 Å². The van der Waals surface area contributed by atoms with E-state index >= 15 is 0 Å². The zero-order valence-electron chi connectivity index (χ0n) is 55.0. The Labute approximate surface area is 558 Å². The Kier molecular flexibility index (Phi) is 25.5. The summed E-state index contributed by atoms with van der Waals surface area (Å²) in [6.45, 7) is 30.2. The van der Waals surface area contributed by atoms with Crippen molar-refractivity contribution in [2.24, 2.45) is 0 Å². The standard InChI is InChI=1S/C77H92O10S4/c1-12-55-19-21-59(22-20-55)77(60-27-23-57(24-28-60)75(6,7)8,61-29-25-58(26-30-61)76(9,10)11)62-31-33-63(34-32-62)83-42-37-79-35-36-82-50-64-51-88-73(90-64)74-89-52-71(91-74)86-45-40-80-38-43-84-69-17-13-16-66-65(69)15-14-18-70(66)85-44-39-81-41-46-87-72-67(53(2)3)47-56(49-78)48-68(72)54(4)5/h13-34,47-48,51-54,78H,12,35-46,49-50H2,1-11H3/b74-73-. The van der Waals surface area contributed by atoms with Crippen molar-refractivity contribution in [2.45, 2.75) is 117 Å². The first-order chi connectivity index (χ1) is 44.0. The van der Waals surface area contributed by atoms with E-state index in [2.05, 4.69) is 184 Å². The normalized spacial score (nSPS) is 14.6. The SMILES string of the molecule is CCc1ccc(C(c2ccc(OCCOCCOCC3=CS/C(=C4\SC=C(OCCOCCOc5cccc6c(OCCOCCOc7c(C(C)C)cc(CO)cc7C(C)C)cccc56)S4)S3)cc2)(c2ccc(C(C)(C)C)cc2)c2ccc(C(C)(C)C)cc2)cc1. The number of aryl methyl sites for hydroxylation is 1. The maximum absolute atomic E-state index is 9.82. The third kappa shape index (κ3) is 18.5. The van der Waals surface area contributed by atoms with E-state index < -0.39 is 5.41 Å². The predicted octanol–water partition coefficient (Wildman–Crippen LogP) is 18.8. The Balaban J connectivity index is 0.646. The second-order valence-electron chi connectivity index (χ2n) is 25.3. The summed E-state index contributed by atoms with van der Waals surface area (Å²) in [4.78, 5) is 1.18. The number of thioether (sulfide) groups is 4. The van der Waals surface area contributed by atoms with Gasteiger partial charge in [0.05, 0.1) is 73.4 Å². The monoisotopic (exact) mass is 1300 g/mol. The maximum atomic E-state index is 9.82. The molecule has 0 atom stereocenters. The fourth-order valence-corrected chi connectivity index (χ4v) is 15.7. The van der Waals surface area contributed by atoms with Crippen LogP contribution in [0.15, 0.2) is 175 Å². The number of hydrogen-bond acceptors (Lipinski definition) is 14. The van der Waals surface area contributed by atoms with Crippen LogP contribution in [0, 0.1) is 0 Å². The van der Waals surface area contributed by atoms with E-state index in [4.69, 9.17) is 42.6 Å². The van der Waals surface area contributed by atoms with Crippen molar-refractivity contribution in [3.63, 3.8) is 0 Å². The summed E-state index contributed by atoms with van der Waals surface area (Å²) in [6, 6.07) is 52.5. The molecule has 2 aliphatic rings. The molecule has 0 aliphatic carbocycles. The topological polar surface area (TPSA) is 103 Å². The van der Waals surface area contributed by atoms with Crippen molar-refractivity contribution >= 4 is 57.8 Å². The lowest BCUT2D eigenvalue weighted by atomic mass is 9.64. The minimum Gasteiger partial charge on any atom is -0.491 e. The van der Waals surface area contributed by atoms with Crippen LogP contribution < -0.4 is 18.9 Å². The predicted molar refractivity (Wildman–Crippen MR) is 381 cm³/mol. The summed E-state index contributed by atoms with van der Waals surface area (Å²) in [5.74, 6) is 3.79. The third-order valence-corrected chi connectivity index (χ3v) is 21.3. The van der Waals surface area contributed by atoms with Gasteiger partial charge in [-0.2, -0.15) is 0 Å². The Bertz CT molecular complexity index is 3460. The van der Waals surface area contributed by atoms with Gasteiger partial charge in [-0.3, -0.25) is 0 Å². The zero-order chi connectivity index (χ0) is 64.4. The molecule has 0 spiro atoms. The Morgan fingerprint density at radius 3 is 1.32 bits per heavy atom. The molecular formula is C77H92O10S4. The van der Waals surface area contributed by atoms with E-state index in [1.807, 2.05) is 48.5 Å². The molecule has 0 radical (unpaired) electrons. The molecule has 10 nitrogen and oxygen atoms in total. The summed E-state index contributed by atoms with van der Waals surface area (Å²) in [6.07, 6.45) is 0.986. The van der Waals surface area contributed by atoms with Gasteiger partial charge in [0.25, 0.3) is 0 Å². The first-order valence-corrected chi connectivity index (χ1v) is 35.3. The molecule has 0 bridgehead atoms. The highest BCUT2D eigenvalue weighted by Crippen LogP contribution is 2.55. The smallest absolute Gasteiger partial charge is 0.165 e. The number of rotatable bonds is 33. The van der Waals surface area contributed by atoms with E-state index in [1.165, 1.54) is 52.3 Å². The van der Waals surface area contributed by atoms with Crippen molar-refractivity contribution in [2.75, 3.05) is 85.9 Å². The van der Waals surface area contributed by atoms with Gasteiger partial charge in [-0.1, -0.05) is 221 Å². The summed E-state index contributed by atoms with van der Waals surface area (Å²) >= 11 is 6.83. The minimum atomic E-state index is -0.566. The molecule has 9 rings (SSSR count). The first kappa shape index (κ1) is 69.6. The molecule has 0 saturated heterocycles. The Morgan fingerprint density at radius 2 is 0.835 bits per heavy atom. The van der Waals surface area contributed by atoms with Gasteiger partial charge < -0.3 is 47.7 Å². The van der Waals surface area contributed by atoms with Gasteiger partial charge in [-0.25, -0.2) is 0 Å². The van der Waals surface area contributed by atoms with Crippen LogP contribution in [0.1, 0.15) is 144 Å². The maximum Gasteiger partial charge on any atom is 0.165 e. The van der Waals surface area contributed by atoms with Crippen molar-refractivity contribution in [3.8, 4) is 23.0 Å². The second kappa shape index (κ2) is 33.4.